The third-order valence-corrected chi connectivity index (χ3v) is 14.8. The van der Waals surface area contributed by atoms with Gasteiger partial charge in [-0.1, -0.05) is 25.0 Å². The lowest BCUT2D eigenvalue weighted by atomic mass is 9.65. The van der Waals surface area contributed by atoms with Gasteiger partial charge in [0.15, 0.2) is 11.4 Å². The number of halogens is 4. The van der Waals surface area contributed by atoms with Crippen LogP contribution in [0.15, 0.2) is 30.4 Å². The van der Waals surface area contributed by atoms with E-state index in [1.165, 1.54) is 32.2 Å². The number of methoxy groups -OCH3 is 1. The molecule has 2 saturated carbocycles. The normalized spacial score (nSPS) is 30.3. The second kappa shape index (κ2) is 15.3. The molecule has 1 aromatic carbocycles. The number of allylic oxidation sites excluding steroid dienone is 1. The molecule has 1 aromatic heterocycles. The lowest BCUT2D eigenvalue weighted by Gasteiger charge is -2.48. The number of benzene rings is 1. The molecule has 7 rings (SSSR count). The number of hydrogen-bond donors (Lipinski definition) is 3. The summed E-state index contributed by atoms with van der Waals surface area (Å²) < 4.78 is 107. The van der Waals surface area contributed by atoms with Crippen molar-refractivity contribution in [1.82, 2.24) is 25.2 Å². The maximum Gasteiger partial charge on any atom is 0.437 e. The monoisotopic (exact) mass is 879 g/mol. The number of alkyl halides is 4. The highest BCUT2D eigenvalue weighted by Crippen LogP contribution is 2.56. The molecule has 334 valence electrons. The van der Waals surface area contributed by atoms with Gasteiger partial charge in [0.05, 0.1) is 23.9 Å². The van der Waals surface area contributed by atoms with Crippen LogP contribution >= 0.6 is 0 Å². The van der Waals surface area contributed by atoms with Crippen molar-refractivity contribution >= 4 is 44.7 Å². The fraction of sp³-hybridized carbons (Fsp3) is 0.643. The largest absolute Gasteiger partial charge is 0.497 e. The first-order valence-corrected chi connectivity index (χ1v) is 22.1. The lowest BCUT2D eigenvalue weighted by molar-refractivity contribution is -0.146. The number of sulfonamides is 1. The molecule has 0 radical (unpaired) electrons. The lowest BCUT2D eigenvalue weighted by Crippen LogP contribution is -2.70. The number of ether oxygens (including phenoxy) is 3. The van der Waals surface area contributed by atoms with Crippen LogP contribution in [0.1, 0.15) is 117 Å². The van der Waals surface area contributed by atoms with Gasteiger partial charge in [-0.25, -0.2) is 22.6 Å². The van der Waals surface area contributed by atoms with Crippen LogP contribution in [0.25, 0.3) is 10.9 Å². The molecule has 1 spiro atoms. The molecule has 1 saturated heterocycles. The van der Waals surface area contributed by atoms with Crippen molar-refractivity contribution in [2.75, 3.05) is 13.7 Å². The zero-order chi connectivity index (χ0) is 44.6. The molecular formula is C42H53F4N5O9S. The Kier molecular flexibility index (Phi) is 11.1. The molecule has 3 aliphatic heterocycles. The molecule has 3 N–H and O–H groups in total. The predicted molar refractivity (Wildman–Crippen MR) is 214 cm³/mol. The highest BCUT2D eigenvalue weighted by Gasteiger charge is 2.62. The Bertz CT molecular complexity index is 2280. The van der Waals surface area contributed by atoms with Gasteiger partial charge in [0.25, 0.3) is 5.91 Å². The van der Waals surface area contributed by atoms with Crippen LogP contribution in [-0.2, 0) is 41.0 Å². The zero-order valence-electron chi connectivity index (χ0n) is 35.1. The maximum atomic E-state index is 17.5. The molecule has 4 amide bonds. The van der Waals surface area contributed by atoms with Crippen molar-refractivity contribution in [2.45, 2.75) is 151 Å². The number of nitrogens with zero attached hydrogens (tertiary/aromatic N) is 2. The Morgan fingerprint density at radius 3 is 2.39 bits per heavy atom. The number of fused-ring (bicyclic) bond motifs is 5. The summed E-state index contributed by atoms with van der Waals surface area (Å²) in [5.74, 6) is -4.03. The van der Waals surface area contributed by atoms with Crippen molar-refractivity contribution in [3.05, 3.63) is 41.6 Å². The molecule has 4 heterocycles. The molecule has 2 aromatic rings. The molecule has 0 bridgehead atoms. The summed E-state index contributed by atoms with van der Waals surface area (Å²) >= 11 is 0. The number of pyridine rings is 1. The molecule has 6 atom stereocenters. The molecule has 3 fully saturated rings. The molecule has 2 aliphatic carbocycles. The maximum absolute atomic E-state index is 17.5. The predicted octanol–water partition coefficient (Wildman–Crippen LogP) is 6.25. The number of rotatable bonds is 5. The summed E-state index contributed by atoms with van der Waals surface area (Å²) in [5.41, 5.74) is -9.36. The van der Waals surface area contributed by atoms with E-state index in [-0.39, 0.29) is 29.5 Å². The Labute approximate surface area is 351 Å². The first-order chi connectivity index (χ1) is 28.3. The third-order valence-electron chi connectivity index (χ3n) is 12.7. The summed E-state index contributed by atoms with van der Waals surface area (Å²) in [6, 6.07) is 1.15. The van der Waals surface area contributed by atoms with Crippen LogP contribution in [0, 0.1) is 5.92 Å². The van der Waals surface area contributed by atoms with E-state index < -0.39 is 122 Å². The van der Waals surface area contributed by atoms with Crippen LogP contribution < -0.4 is 24.8 Å². The van der Waals surface area contributed by atoms with E-state index >= 15 is 4.39 Å². The molecule has 61 heavy (non-hydrogen) atoms. The van der Waals surface area contributed by atoms with Gasteiger partial charge in [-0.15, -0.1) is 0 Å². The average molecular weight is 880 g/mol. The van der Waals surface area contributed by atoms with Crippen LogP contribution in [-0.4, -0.2) is 89.3 Å². The minimum atomic E-state index is -5.13. The first kappa shape index (κ1) is 44.4. The number of aromatic nitrogens is 1. The van der Waals surface area contributed by atoms with Crippen molar-refractivity contribution in [3.8, 4) is 11.5 Å². The summed E-state index contributed by atoms with van der Waals surface area (Å²) in [4.78, 5) is 62.0. The number of hydrogen-bond acceptors (Lipinski definition) is 10. The molecule has 6 unspecified atom stereocenters. The number of amides is 4. The molecule has 5 aliphatic rings. The zero-order valence-corrected chi connectivity index (χ0v) is 35.9. The Morgan fingerprint density at radius 1 is 1.05 bits per heavy atom. The smallest absolute Gasteiger partial charge is 0.437 e. The third kappa shape index (κ3) is 8.46. The van der Waals surface area contributed by atoms with Gasteiger partial charge in [0.1, 0.15) is 40.2 Å². The van der Waals surface area contributed by atoms with Crippen LogP contribution in [0.4, 0.5) is 22.4 Å². The van der Waals surface area contributed by atoms with E-state index in [1.54, 1.807) is 26.8 Å². The number of nitrogens with one attached hydrogen (secondary N) is 3. The van der Waals surface area contributed by atoms with Gasteiger partial charge < -0.3 is 29.7 Å². The van der Waals surface area contributed by atoms with Crippen LogP contribution in [0.2, 0.25) is 0 Å². The SMILES string of the molecule is COc1ccc2nc(C(F)(F)F)c3c(c2c1)C(C)(F)CC1(CC2C(=O)NC4(C(=O)NS(=O)(=O)C5(C)CC5)CCC4C=CCCCCCC(NC(=O)OC(C)(C)C)C(=O)N2C1)O3. The van der Waals surface area contributed by atoms with Crippen molar-refractivity contribution in [3.63, 3.8) is 0 Å². The van der Waals surface area contributed by atoms with E-state index in [0.29, 0.717) is 44.9 Å². The standard InChI is InChI=1S/C42H53F4N5O9S/c1-37(2,3)60-36(55)48-28-13-11-9-7-8-10-12-24-16-17-41(24,35(54)50-61(56,57)38(4)18-19-38)49-33(52)29-21-40(23-51(29)34(28)53)22-39(5,43)30-26-20-25(58-6)14-15-27(26)47-32(31(30)59-40)42(44,45)46/h10,12,14-15,20,24,28-29H,7-9,11,13,16-19,21-23H2,1-6H3,(H,48,55)(H,49,52)(H,50,54). The Hall–Kier alpha value is -4.68. The van der Waals surface area contributed by atoms with E-state index in [0.717, 1.165) is 11.8 Å². The van der Waals surface area contributed by atoms with Gasteiger partial charge in [0, 0.05) is 29.7 Å². The van der Waals surface area contributed by atoms with Gasteiger partial charge in [-0.05, 0) is 97.8 Å². The number of alkyl carbamates (subject to hydrolysis) is 1. The summed E-state index contributed by atoms with van der Waals surface area (Å²) in [7, 11) is -2.82. The summed E-state index contributed by atoms with van der Waals surface area (Å²) in [6.45, 7) is 6.91. The van der Waals surface area contributed by atoms with E-state index in [2.05, 4.69) is 20.3 Å². The quantitative estimate of drug-likeness (QED) is 0.230. The van der Waals surface area contributed by atoms with E-state index in [9.17, 15) is 40.8 Å². The Balaban J connectivity index is 1.33. The number of carbonyl (C=O) groups is 4. The second-order valence-electron chi connectivity index (χ2n) is 18.6. The van der Waals surface area contributed by atoms with Crippen LogP contribution in [0.3, 0.4) is 0 Å². The fourth-order valence-electron chi connectivity index (χ4n) is 9.12. The first-order valence-electron chi connectivity index (χ1n) is 20.7. The average Bonchev–Trinajstić information content (AvgIpc) is 3.81. The minimum absolute atomic E-state index is 0.0116. The number of carbonyl (C=O) groups excluding carboxylic acids is 4. The minimum Gasteiger partial charge on any atom is -0.497 e. The van der Waals surface area contributed by atoms with E-state index in [1.807, 2.05) is 6.08 Å². The summed E-state index contributed by atoms with van der Waals surface area (Å²) in [6.07, 6.45) is -0.118. The van der Waals surface area contributed by atoms with Gasteiger partial charge in [0.2, 0.25) is 21.8 Å². The topological polar surface area (TPSA) is 182 Å². The highest BCUT2D eigenvalue weighted by molar-refractivity contribution is 7.91. The van der Waals surface area contributed by atoms with Crippen molar-refractivity contribution < 1.29 is 59.4 Å². The molecule has 19 heteroatoms. The van der Waals surface area contributed by atoms with Gasteiger partial charge in [-0.3, -0.25) is 19.1 Å². The fourth-order valence-corrected chi connectivity index (χ4v) is 10.4. The highest BCUT2D eigenvalue weighted by atomic mass is 32.2. The van der Waals surface area contributed by atoms with Crippen LogP contribution in [0.5, 0.6) is 11.5 Å². The van der Waals surface area contributed by atoms with Gasteiger partial charge >= 0.3 is 12.3 Å². The van der Waals surface area contributed by atoms with E-state index in [4.69, 9.17) is 14.2 Å². The van der Waals surface area contributed by atoms with Gasteiger partial charge in [-0.2, -0.15) is 13.2 Å². The second-order valence-corrected chi connectivity index (χ2v) is 20.8. The molecule has 14 nitrogen and oxygen atoms in total. The molecular weight excluding hydrogens is 827 g/mol. The Morgan fingerprint density at radius 2 is 1.77 bits per heavy atom. The summed E-state index contributed by atoms with van der Waals surface area (Å²) in [5, 5.41) is 5.40. The van der Waals surface area contributed by atoms with Crippen molar-refractivity contribution in [2.24, 2.45) is 5.92 Å². The van der Waals surface area contributed by atoms with Crippen molar-refractivity contribution in [1.29, 1.82) is 0 Å².